The summed E-state index contributed by atoms with van der Waals surface area (Å²) in [6, 6.07) is 0. The predicted molar refractivity (Wildman–Crippen MR) is 35.3 cm³/mol. The number of rotatable bonds is 4. The number of allylic oxidation sites excluding steroid dienone is 1. The Morgan fingerprint density at radius 2 is 1.54 bits per heavy atom. The van der Waals surface area contributed by atoms with Crippen LogP contribution in [-0.4, -0.2) is 18.3 Å². The maximum Gasteiger partial charge on any atom is 0.391 e. The lowest BCUT2D eigenvalue weighted by Crippen LogP contribution is -2.23. The molecule has 0 saturated carbocycles. The molecular formula is C7H8F6. The van der Waals surface area contributed by atoms with Crippen LogP contribution < -0.4 is 0 Å². The third kappa shape index (κ3) is 6.48. The zero-order valence-corrected chi connectivity index (χ0v) is 6.54. The standard InChI is InChI=1S/C7H8F6/c1-2-6(9,10)3-5(8)4-7(11,12)13/h2,5H,1,3-4H2. The van der Waals surface area contributed by atoms with E-state index < -0.39 is 31.1 Å². The van der Waals surface area contributed by atoms with Gasteiger partial charge in [0, 0.05) is 6.42 Å². The first-order valence-electron chi connectivity index (χ1n) is 3.38. The van der Waals surface area contributed by atoms with Crippen molar-refractivity contribution < 1.29 is 26.3 Å². The van der Waals surface area contributed by atoms with Gasteiger partial charge >= 0.3 is 6.18 Å². The normalized spacial score (nSPS) is 15.5. The van der Waals surface area contributed by atoms with Gasteiger partial charge in [0.05, 0.1) is 6.42 Å². The number of hydrogen-bond donors (Lipinski definition) is 0. The molecular weight excluding hydrogens is 198 g/mol. The molecule has 0 aromatic carbocycles. The molecule has 0 saturated heterocycles. The predicted octanol–water partition coefficient (Wildman–Crippen LogP) is 3.49. The summed E-state index contributed by atoms with van der Waals surface area (Å²) in [5, 5.41) is 0. The molecule has 0 amide bonds. The summed E-state index contributed by atoms with van der Waals surface area (Å²) < 4.78 is 71.3. The monoisotopic (exact) mass is 206 g/mol. The van der Waals surface area contributed by atoms with Gasteiger partial charge in [0.2, 0.25) is 0 Å². The molecule has 1 unspecified atom stereocenters. The Balaban J connectivity index is 4.01. The van der Waals surface area contributed by atoms with Crippen LogP contribution in [0, 0.1) is 0 Å². The Labute approximate surface area is 71.2 Å². The minimum Gasteiger partial charge on any atom is -0.247 e. The summed E-state index contributed by atoms with van der Waals surface area (Å²) in [6.07, 6.45) is -10.5. The summed E-state index contributed by atoms with van der Waals surface area (Å²) >= 11 is 0. The molecule has 0 rings (SSSR count). The quantitative estimate of drug-likeness (QED) is 0.488. The number of alkyl halides is 6. The Bertz CT molecular complexity index is 170. The van der Waals surface area contributed by atoms with Gasteiger partial charge in [0.1, 0.15) is 6.17 Å². The highest BCUT2D eigenvalue weighted by molar-refractivity contribution is 4.89. The minimum absolute atomic E-state index is 0.135. The van der Waals surface area contributed by atoms with E-state index in [1.165, 1.54) is 0 Å². The molecule has 0 bridgehead atoms. The van der Waals surface area contributed by atoms with Crippen molar-refractivity contribution in [2.45, 2.75) is 31.1 Å². The zero-order chi connectivity index (χ0) is 10.7. The maximum atomic E-state index is 12.3. The summed E-state index contributed by atoms with van der Waals surface area (Å²) in [4.78, 5) is 0. The van der Waals surface area contributed by atoms with Crippen molar-refractivity contribution in [1.29, 1.82) is 0 Å². The van der Waals surface area contributed by atoms with E-state index in [1.807, 2.05) is 0 Å². The van der Waals surface area contributed by atoms with Gasteiger partial charge in [-0.15, -0.1) is 0 Å². The number of hydrogen-bond acceptors (Lipinski definition) is 0. The van der Waals surface area contributed by atoms with Crippen LogP contribution >= 0.6 is 0 Å². The lowest BCUT2D eigenvalue weighted by molar-refractivity contribution is -0.150. The first-order chi connectivity index (χ1) is 5.66. The van der Waals surface area contributed by atoms with Gasteiger partial charge in [-0.1, -0.05) is 6.58 Å². The van der Waals surface area contributed by atoms with E-state index in [2.05, 4.69) is 6.58 Å². The van der Waals surface area contributed by atoms with Gasteiger partial charge in [0.15, 0.2) is 0 Å². The molecule has 0 spiro atoms. The number of halogens is 6. The Morgan fingerprint density at radius 1 is 1.08 bits per heavy atom. The van der Waals surface area contributed by atoms with E-state index in [0.717, 1.165) is 0 Å². The van der Waals surface area contributed by atoms with Gasteiger partial charge < -0.3 is 0 Å². The van der Waals surface area contributed by atoms with Crippen molar-refractivity contribution in [3.8, 4) is 0 Å². The summed E-state index contributed by atoms with van der Waals surface area (Å²) in [7, 11) is 0. The summed E-state index contributed by atoms with van der Waals surface area (Å²) in [5.41, 5.74) is 0. The molecule has 0 radical (unpaired) electrons. The topological polar surface area (TPSA) is 0 Å². The van der Waals surface area contributed by atoms with Crippen LogP contribution in [0.1, 0.15) is 12.8 Å². The lowest BCUT2D eigenvalue weighted by atomic mass is 10.1. The second-order valence-electron chi connectivity index (χ2n) is 2.59. The molecule has 0 aliphatic heterocycles. The van der Waals surface area contributed by atoms with E-state index in [9.17, 15) is 26.3 Å². The minimum atomic E-state index is -4.75. The smallest absolute Gasteiger partial charge is 0.247 e. The van der Waals surface area contributed by atoms with Crippen LogP contribution in [0.2, 0.25) is 0 Å². The van der Waals surface area contributed by atoms with Crippen molar-refractivity contribution in [2.24, 2.45) is 0 Å². The largest absolute Gasteiger partial charge is 0.391 e. The van der Waals surface area contributed by atoms with Crippen LogP contribution in [0.15, 0.2) is 12.7 Å². The molecule has 6 heteroatoms. The van der Waals surface area contributed by atoms with Crippen molar-refractivity contribution in [1.82, 2.24) is 0 Å². The fourth-order valence-corrected chi connectivity index (χ4v) is 0.702. The fraction of sp³-hybridized carbons (Fsp3) is 0.714. The zero-order valence-electron chi connectivity index (χ0n) is 6.54. The van der Waals surface area contributed by atoms with Crippen LogP contribution in [0.4, 0.5) is 26.3 Å². The van der Waals surface area contributed by atoms with E-state index in [4.69, 9.17) is 0 Å². The van der Waals surface area contributed by atoms with Crippen molar-refractivity contribution in [2.75, 3.05) is 0 Å². The van der Waals surface area contributed by atoms with Gasteiger partial charge in [-0.25, -0.2) is 13.2 Å². The van der Waals surface area contributed by atoms with Crippen LogP contribution in [-0.2, 0) is 0 Å². The van der Waals surface area contributed by atoms with Crippen LogP contribution in [0.25, 0.3) is 0 Å². The maximum absolute atomic E-state index is 12.3. The van der Waals surface area contributed by atoms with E-state index in [0.29, 0.717) is 0 Å². The third-order valence-corrected chi connectivity index (χ3v) is 1.25. The summed E-state index contributed by atoms with van der Waals surface area (Å²) in [6.45, 7) is 2.68. The van der Waals surface area contributed by atoms with Crippen molar-refractivity contribution in [3.05, 3.63) is 12.7 Å². The molecule has 0 heterocycles. The molecule has 1 atom stereocenters. The second kappa shape index (κ2) is 4.02. The fourth-order valence-electron chi connectivity index (χ4n) is 0.702. The molecule has 0 aliphatic rings. The Morgan fingerprint density at radius 3 is 1.85 bits per heavy atom. The van der Waals surface area contributed by atoms with E-state index in [-0.39, 0.29) is 6.08 Å². The Hall–Kier alpha value is -0.680. The Kier molecular flexibility index (Phi) is 3.81. The molecule has 0 N–H and O–H groups in total. The van der Waals surface area contributed by atoms with Gasteiger partial charge in [-0.3, -0.25) is 0 Å². The van der Waals surface area contributed by atoms with Gasteiger partial charge in [-0.2, -0.15) is 13.2 Å². The molecule has 0 nitrogen and oxygen atoms in total. The first kappa shape index (κ1) is 12.3. The van der Waals surface area contributed by atoms with E-state index in [1.54, 1.807) is 0 Å². The van der Waals surface area contributed by atoms with Gasteiger partial charge in [-0.05, 0) is 6.08 Å². The van der Waals surface area contributed by atoms with E-state index >= 15 is 0 Å². The third-order valence-electron chi connectivity index (χ3n) is 1.25. The molecule has 0 fully saturated rings. The molecule has 78 valence electrons. The molecule has 0 aromatic rings. The summed E-state index contributed by atoms with van der Waals surface area (Å²) in [5.74, 6) is -3.58. The van der Waals surface area contributed by atoms with Crippen molar-refractivity contribution >= 4 is 0 Å². The van der Waals surface area contributed by atoms with Crippen LogP contribution in [0.5, 0.6) is 0 Å². The highest BCUT2D eigenvalue weighted by Crippen LogP contribution is 2.30. The SMILES string of the molecule is C=CC(F)(F)CC(F)CC(F)(F)F. The highest BCUT2D eigenvalue weighted by Gasteiger charge is 2.37. The van der Waals surface area contributed by atoms with Crippen molar-refractivity contribution in [3.63, 3.8) is 0 Å². The lowest BCUT2D eigenvalue weighted by Gasteiger charge is -2.15. The second-order valence-corrected chi connectivity index (χ2v) is 2.59. The average Bonchev–Trinajstić information content (AvgIpc) is 1.81. The molecule has 13 heavy (non-hydrogen) atoms. The first-order valence-corrected chi connectivity index (χ1v) is 3.38. The van der Waals surface area contributed by atoms with Gasteiger partial charge in [0.25, 0.3) is 5.92 Å². The molecule has 0 aromatic heterocycles. The average molecular weight is 206 g/mol. The molecule has 0 aliphatic carbocycles. The highest BCUT2D eigenvalue weighted by atomic mass is 19.4. The van der Waals surface area contributed by atoms with Crippen LogP contribution in [0.3, 0.4) is 0 Å².